The van der Waals surface area contributed by atoms with Crippen LogP contribution in [0.2, 0.25) is 0 Å². The molecule has 1 fully saturated rings. The van der Waals surface area contributed by atoms with E-state index >= 15 is 0 Å². The summed E-state index contributed by atoms with van der Waals surface area (Å²) < 4.78 is 36.2. The second kappa shape index (κ2) is 6.32. The lowest BCUT2D eigenvalue weighted by atomic mass is 10.1. The number of hydrogen-bond acceptors (Lipinski definition) is 3. The maximum atomic E-state index is 13.6. The average Bonchev–Trinajstić information content (AvgIpc) is 3.22. The third-order valence-corrected chi connectivity index (χ3v) is 4.73. The minimum atomic E-state index is -4.07. The maximum Gasteiger partial charge on any atom is 0.261 e. The van der Waals surface area contributed by atoms with Gasteiger partial charge >= 0.3 is 0 Å². The highest BCUT2D eigenvalue weighted by Gasteiger charge is 2.33. The van der Waals surface area contributed by atoms with Crippen molar-refractivity contribution in [3.63, 3.8) is 0 Å². The normalized spacial score (nSPS) is 15.0. The molecular weight excluding hydrogens is 317 g/mol. The fourth-order valence-corrected chi connectivity index (χ4v) is 2.95. The molecule has 1 amide bonds. The molecule has 0 radical (unpaired) electrons. The van der Waals surface area contributed by atoms with E-state index in [1.165, 1.54) is 0 Å². The molecule has 0 N–H and O–H groups in total. The van der Waals surface area contributed by atoms with Gasteiger partial charge in [-0.1, -0.05) is 13.3 Å². The fourth-order valence-electron chi connectivity index (χ4n) is 2.16. The van der Waals surface area contributed by atoms with Gasteiger partial charge in [-0.25, -0.2) is 12.8 Å². The summed E-state index contributed by atoms with van der Waals surface area (Å²) in [6.45, 7) is 2.62. The van der Waals surface area contributed by atoms with Crippen molar-refractivity contribution < 1.29 is 17.6 Å². The number of benzene rings is 1. The maximum absolute atomic E-state index is 13.6. The van der Waals surface area contributed by atoms with Crippen LogP contribution in [0, 0.1) is 5.82 Å². The van der Waals surface area contributed by atoms with E-state index < -0.39 is 19.8 Å². The van der Waals surface area contributed by atoms with Crippen LogP contribution >= 0.6 is 10.7 Å². The van der Waals surface area contributed by atoms with E-state index in [2.05, 4.69) is 0 Å². The average molecular weight is 334 g/mol. The zero-order chi connectivity index (χ0) is 15.6. The molecule has 21 heavy (non-hydrogen) atoms. The van der Waals surface area contributed by atoms with Gasteiger partial charge in [-0.05, 0) is 37.5 Å². The largest absolute Gasteiger partial charge is 0.336 e. The lowest BCUT2D eigenvalue weighted by Gasteiger charge is -2.22. The van der Waals surface area contributed by atoms with Gasteiger partial charge in [0.05, 0.1) is 4.90 Å². The molecule has 7 heteroatoms. The molecule has 1 aliphatic rings. The van der Waals surface area contributed by atoms with E-state index in [9.17, 15) is 17.6 Å². The van der Waals surface area contributed by atoms with E-state index in [0.29, 0.717) is 6.54 Å². The first-order valence-electron chi connectivity index (χ1n) is 6.89. The molecule has 116 valence electrons. The van der Waals surface area contributed by atoms with E-state index in [1.54, 1.807) is 4.90 Å². The van der Waals surface area contributed by atoms with Crippen LogP contribution in [0.4, 0.5) is 4.39 Å². The molecule has 4 nitrogen and oxygen atoms in total. The van der Waals surface area contributed by atoms with Crippen LogP contribution in [0.25, 0.3) is 0 Å². The van der Waals surface area contributed by atoms with Gasteiger partial charge in [0, 0.05) is 28.8 Å². The molecule has 0 saturated heterocycles. The van der Waals surface area contributed by atoms with Crippen molar-refractivity contribution in [1.29, 1.82) is 0 Å². The minimum absolute atomic E-state index is 0.0252. The molecule has 0 atom stereocenters. The van der Waals surface area contributed by atoms with E-state index in [-0.39, 0.29) is 17.5 Å². The number of halogens is 2. The van der Waals surface area contributed by atoms with Crippen LogP contribution in [0.15, 0.2) is 23.1 Å². The first kappa shape index (κ1) is 16.2. The summed E-state index contributed by atoms with van der Waals surface area (Å²) in [7, 11) is 1.16. The molecule has 1 aliphatic carbocycles. The summed E-state index contributed by atoms with van der Waals surface area (Å²) in [6.07, 6.45) is 3.68. The number of hydrogen-bond donors (Lipinski definition) is 0. The van der Waals surface area contributed by atoms with Gasteiger partial charge in [0.25, 0.3) is 15.0 Å². The lowest BCUT2D eigenvalue weighted by molar-refractivity contribution is 0.0740. The van der Waals surface area contributed by atoms with Crippen molar-refractivity contribution in [2.45, 2.75) is 43.5 Å². The third-order valence-electron chi connectivity index (χ3n) is 3.40. The number of nitrogens with zero attached hydrogens (tertiary/aromatic N) is 1. The van der Waals surface area contributed by atoms with Gasteiger partial charge < -0.3 is 4.90 Å². The molecule has 2 rings (SSSR count). The molecule has 1 aromatic rings. The van der Waals surface area contributed by atoms with Crippen LogP contribution in [-0.4, -0.2) is 31.8 Å². The Morgan fingerprint density at radius 1 is 1.38 bits per heavy atom. The van der Waals surface area contributed by atoms with Gasteiger partial charge in [-0.2, -0.15) is 0 Å². The summed E-state index contributed by atoms with van der Waals surface area (Å²) >= 11 is 0. The van der Waals surface area contributed by atoms with Crippen LogP contribution in [0.3, 0.4) is 0 Å². The Morgan fingerprint density at radius 3 is 2.57 bits per heavy atom. The lowest BCUT2D eigenvalue weighted by Crippen LogP contribution is -2.34. The number of amides is 1. The van der Waals surface area contributed by atoms with Crippen molar-refractivity contribution in [1.82, 2.24) is 4.90 Å². The van der Waals surface area contributed by atoms with Crippen LogP contribution in [0.5, 0.6) is 0 Å². The summed E-state index contributed by atoms with van der Waals surface area (Å²) in [6, 6.07) is 3.18. The van der Waals surface area contributed by atoms with Gasteiger partial charge in [-0.15, -0.1) is 0 Å². The number of carbonyl (C=O) groups excluding carboxylic acids is 1. The Hall–Kier alpha value is -1.14. The summed E-state index contributed by atoms with van der Waals surface area (Å²) in [5.74, 6) is -1.13. The first-order chi connectivity index (χ1) is 9.82. The second-order valence-electron chi connectivity index (χ2n) is 5.20. The standard InChI is InChI=1S/C14H17ClFNO3S/c1-2-3-6-17(12-4-5-12)14(18)10-7-11(16)9-13(8-10)21(15,19)20/h7-9,12H,2-6H2,1H3. The molecular formula is C14H17ClFNO3S. The van der Waals surface area contributed by atoms with Crippen molar-refractivity contribution in [3.8, 4) is 0 Å². The number of carbonyl (C=O) groups is 1. The van der Waals surface area contributed by atoms with Crippen molar-refractivity contribution >= 4 is 25.6 Å². The SMILES string of the molecule is CCCCN(C(=O)c1cc(F)cc(S(=O)(=O)Cl)c1)C1CC1. The predicted molar refractivity (Wildman–Crippen MR) is 78.4 cm³/mol. The van der Waals surface area contributed by atoms with Gasteiger partial charge in [-0.3, -0.25) is 4.79 Å². The summed E-state index contributed by atoms with van der Waals surface area (Å²) in [4.78, 5) is 13.8. The Kier molecular flexibility index (Phi) is 4.88. The second-order valence-corrected chi connectivity index (χ2v) is 7.76. The smallest absolute Gasteiger partial charge is 0.261 e. The minimum Gasteiger partial charge on any atom is -0.336 e. The highest BCUT2D eigenvalue weighted by molar-refractivity contribution is 8.13. The highest BCUT2D eigenvalue weighted by Crippen LogP contribution is 2.29. The van der Waals surface area contributed by atoms with Crippen LogP contribution in [0.1, 0.15) is 43.0 Å². The van der Waals surface area contributed by atoms with Crippen LogP contribution in [-0.2, 0) is 9.05 Å². The molecule has 0 heterocycles. The molecule has 0 aliphatic heterocycles. The molecule has 1 saturated carbocycles. The van der Waals surface area contributed by atoms with E-state index in [1.807, 2.05) is 6.92 Å². The van der Waals surface area contributed by atoms with Crippen molar-refractivity contribution in [2.75, 3.05) is 6.54 Å². The summed E-state index contributed by atoms with van der Waals surface area (Å²) in [5, 5.41) is 0. The van der Waals surface area contributed by atoms with Crippen LogP contribution < -0.4 is 0 Å². The Morgan fingerprint density at radius 2 is 2.05 bits per heavy atom. The topological polar surface area (TPSA) is 54.5 Å². The zero-order valence-electron chi connectivity index (χ0n) is 11.7. The number of unbranched alkanes of at least 4 members (excludes halogenated alkanes) is 1. The molecule has 1 aromatic carbocycles. The Bertz CT molecular complexity index is 644. The Balaban J connectivity index is 2.31. The summed E-state index contributed by atoms with van der Waals surface area (Å²) in [5.41, 5.74) is 0.0252. The van der Waals surface area contributed by atoms with Crippen molar-refractivity contribution in [3.05, 3.63) is 29.6 Å². The Labute approximate surface area is 128 Å². The molecule has 0 spiro atoms. The highest BCUT2D eigenvalue weighted by atomic mass is 35.7. The van der Waals surface area contributed by atoms with E-state index in [0.717, 1.165) is 43.9 Å². The molecule has 0 bridgehead atoms. The first-order valence-corrected chi connectivity index (χ1v) is 9.20. The van der Waals surface area contributed by atoms with Gasteiger partial charge in [0.1, 0.15) is 5.82 Å². The molecule has 0 aromatic heterocycles. The molecule has 0 unspecified atom stereocenters. The van der Waals surface area contributed by atoms with Crippen molar-refractivity contribution in [2.24, 2.45) is 0 Å². The van der Waals surface area contributed by atoms with Gasteiger partial charge in [0.15, 0.2) is 0 Å². The van der Waals surface area contributed by atoms with E-state index in [4.69, 9.17) is 10.7 Å². The zero-order valence-corrected chi connectivity index (χ0v) is 13.3. The fraction of sp³-hybridized carbons (Fsp3) is 0.500. The monoisotopic (exact) mass is 333 g/mol. The quantitative estimate of drug-likeness (QED) is 0.751. The predicted octanol–water partition coefficient (Wildman–Crippen LogP) is 3.16. The third kappa shape index (κ3) is 4.17. The number of rotatable bonds is 6. The van der Waals surface area contributed by atoms with Gasteiger partial charge in [0.2, 0.25) is 0 Å².